The number of nitrogen functional groups attached to an aromatic ring is 1. The minimum Gasteiger partial charge on any atom is -0.496 e. The first-order valence-corrected chi connectivity index (χ1v) is 4.90. The van der Waals surface area contributed by atoms with Crippen LogP contribution in [0.5, 0.6) is 5.75 Å². The predicted octanol–water partition coefficient (Wildman–Crippen LogP) is 2.59. The van der Waals surface area contributed by atoms with Crippen molar-refractivity contribution in [3.63, 3.8) is 0 Å². The van der Waals surface area contributed by atoms with Crippen LogP contribution in [0.2, 0.25) is 0 Å². The van der Waals surface area contributed by atoms with Crippen LogP contribution in [-0.4, -0.2) is 12.1 Å². The largest absolute Gasteiger partial charge is 0.496 e. The van der Waals surface area contributed by atoms with E-state index in [-0.39, 0.29) is 0 Å². The zero-order valence-electron chi connectivity index (χ0n) is 7.62. The molecular weight excluding hydrogens is 244 g/mol. The van der Waals surface area contributed by atoms with Crippen molar-refractivity contribution in [3.05, 3.63) is 28.9 Å². The van der Waals surface area contributed by atoms with Gasteiger partial charge < -0.3 is 10.5 Å². The summed E-state index contributed by atoms with van der Waals surface area (Å²) in [4.78, 5) is 4.04. The topological polar surface area (TPSA) is 48.1 Å². The number of benzene rings is 1. The van der Waals surface area contributed by atoms with Gasteiger partial charge in [-0.05, 0) is 18.2 Å². The average molecular weight is 253 g/mol. The number of nitrogens with zero attached hydrogens (tertiary/aromatic N) is 1. The summed E-state index contributed by atoms with van der Waals surface area (Å²) in [5.74, 6) is 1.31. The van der Waals surface area contributed by atoms with Crippen LogP contribution in [0.1, 0.15) is 0 Å². The Labute approximate surface area is 90.0 Å². The van der Waals surface area contributed by atoms with Crippen LogP contribution < -0.4 is 10.5 Å². The van der Waals surface area contributed by atoms with Crippen LogP contribution in [0.3, 0.4) is 0 Å². The Kier molecular flexibility index (Phi) is 2.29. The lowest BCUT2D eigenvalue weighted by molar-refractivity contribution is 0.420. The van der Waals surface area contributed by atoms with Gasteiger partial charge in [-0.1, -0.05) is 15.9 Å². The van der Waals surface area contributed by atoms with Gasteiger partial charge in [-0.2, -0.15) is 0 Å². The molecule has 0 fully saturated rings. The van der Waals surface area contributed by atoms with Crippen LogP contribution >= 0.6 is 15.9 Å². The van der Waals surface area contributed by atoms with Crippen molar-refractivity contribution in [2.75, 3.05) is 12.8 Å². The van der Waals surface area contributed by atoms with Crippen molar-refractivity contribution in [1.82, 2.24) is 4.98 Å². The number of fused-ring (bicyclic) bond motifs is 1. The molecule has 2 rings (SSSR count). The fourth-order valence-corrected chi connectivity index (χ4v) is 1.98. The molecule has 3 nitrogen and oxygen atoms in total. The third-order valence-electron chi connectivity index (χ3n) is 2.09. The molecule has 1 aromatic heterocycles. The number of aromatic nitrogens is 1. The van der Waals surface area contributed by atoms with Gasteiger partial charge in [0.25, 0.3) is 0 Å². The molecule has 0 atom stereocenters. The maximum atomic E-state index is 5.78. The molecular formula is C10H9BrN2O. The second-order valence-corrected chi connectivity index (χ2v) is 3.72. The molecule has 2 N–H and O–H groups in total. The number of nitrogens with two attached hydrogens (primary N) is 1. The van der Waals surface area contributed by atoms with E-state index in [1.807, 2.05) is 18.2 Å². The van der Waals surface area contributed by atoms with Crippen molar-refractivity contribution < 1.29 is 4.74 Å². The van der Waals surface area contributed by atoms with Crippen molar-refractivity contribution in [2.24, 2.45) is 0 Å². The molecule has 0 amide bonds. The molecule has 4 heteroatoms. The Hall–Kier alpha value is -1.29. The highest BCUT2D eigenvalue weighted by atomic mass is 79.9. The summed E-state index contributed by atoms with van der Waals surface area (Å²) in [7, 11) is 1.64. The second kappa shape index (κ2) is 3.46. The molecule has 0 aliphatic rings. The molecule has 2 aromatic rings. The molecule has 0 aliphatic heterocycles. The first-order chi connectivity index (χ1) is 6.74. The van der Waals surface area contributed by atoms with Gasteiger partial charge in [0.2, 0.25) is 0 Å². The quantitative estimate of drug-likeness (QED) is 0.849. The van der Waals surface area contributed by atoms with E-state index < -0.39 is 0 Å². The van der Waals surface area contributed by atoms with E-state index in [4.69, 9.17) is 10.5 Å². The van der Waals surface area contributed by atoms with E-state index in [2.05, 4.69) is 20.9 Å². The standard InChI is InChI=1S/C10H9BrN2O/c1-14-8-3-2-7(11)9-6(8)4-5-13-10(9)12/h2-5H,1H3,(H2,12,13). The zero-order valence-corrected chi connectivity index (χ0v) is 9.21. The second-order valence-electron chi connectivity index (χ2n) is 2.87. The molecule has 72 valence electrons. The van der Waals surface area contributed by atoms with Gasteiger partial charge in [0, 0.05) is 21.4 Å². The molecule has 0 saturated carbocycles. The summed E-state index contributed by atoms with van der Waals surface area (Å²) in [6.07, 6.45) is 1.67. The van der Waals surface area contributed by atoms with E-state index in [0.717, 1.165) is 21.0 Å². The Bertz CT molecular complexity index is 477. The monoisotopic (exact) mass is 252 g/mol. The molecule has 1 aromatic carbocycles. The van der Waals surface area contributed by atoms with Crippen molar-refractivity contribution in [2.45, 2.75) is 0 Å². The van der Waals surface area contributed by atoms with Crippen LogP contribution in [0, 0.1) is 0 Å². The van der Waals surface area contributed by atoms with Crippen LogP contribution in [0.15, 0.2) is 28.9 Å². The van der Waals surface area contributed by atoms with Crippen LogP contribution in [-0.2, 0) is 0 Å². The molecule has 0 bridgehead atoms. The lowest BCUT2D eigenvalue weighted by Crippen LogP contribution is -1.93. The van der Waals surface area contributed by atoms with Gasteiger partial charge >= 0.3 is 0 Å². The Morgan fingerprint density at radius 1 is 1.36 bits per heavy atom. The Balaban J connectivity index is 2.91. The third kappa shape index (κ3) is 1.32. The zero-order chi connectivity index (χ0) is 10.1. The first-order valence-electron chi connectivity index (χ1n) is 4.10. The number of rotatable bonds is 1. The summed E-state index contributed by atoms with van der Waals surface area (Å²) < 4.78 is 6.16. The number of halogens is 1. The molecule has 0 radical (unpaired) electrons. The SMILES string of the molecule is COc1ccc(Br)c2c(N)nccc12. The van der Waals surface area contributed by atoms with E-state index in [1.54, 1.807) is 13.3 Å². The van der Waals surface area contributed by atoms with Crippen LogP contribution in [0.25, 0.3) is 10.8 Å². The van der Waals surface area contributed by atoms with Gasteiger partial charge in [-0.3, -0.25) is 0 Å². The summed E-state index contributed by atoms with van der Waals surface area (Å²) in [5.41, 5.74) is 5.78. The Morgan fingerprint density at radius 3 is 2.86 bits per heavy atom. The Morgan fingerprint density at radius 2 is 2.14 bits per heavy atom. The van der Waals surface area contributed by atoms with E-state index in [1.165, 1.54) is 0 Å². The lowest BCUT2D eigenvalue weighted by atomic mass is 10.1. The molecule has 0 saturated heterocycles. The summed E-state index contributed by atoms with van der Waals surface area (Å²) in [6, 6.07) is 5.68. The molecule has 0 unspecified atom stereocenters. The third-order valence-corrected chi connectivity index (χ3v) is 2.75. The summed E-state index contributed by atoms with van der Waals surface area (Å²) >= 11 is 3.44. The minimum absolute atomic E-state index is 0.508. The fourth-order valence-electron chi connectivity index (χ4n) is 1.43. The highest BCUT2D eigenvalue weighted by Gasteiger charge is 2.07. The van der Waals surface area contributed by atoms with Gasteiger partial charge in [0.15, 0.2) is 0 Å². The smallest absolute Gasteiger partial charge is 0.132 e. The molecule has 14 heavy (non-hydrogen) atoms. The first kappa shape index (κ1) is 9.27. The maximum Gasteiger partial charge on any atom is 0.132 e. The number of pyridine rings is 1. The van der Waals surface area contributed by atoms with E-state index in [0.29, 0.717) is 5.82 Å². The van der Waals surface area contributed by atoms with Crippen molar-refractivity contribution >= 4 is 32.5 Å². The number of anilines is 1. The van der Waals surface area contributed by atoms with Gasteiger partial charge in [-0.25, -0.2) is 4.98 Å². The lowest BCUT2D eigenvalue weighted by Gasteiger charge is -2.07. The number of methoxy groups -OCH3 is 1. The predicted molar refractivity (Wildman–Crippen MR) is 60.4 cm³/mol. The fraction of sp³-hybridized carbons (Fsp3) is 0.100. The molecule has 1 heterocycles. The normalized spacial score (nSPS) is 10.4. The van der Waals surface area contributed by atoms with Gasteiger partial charge in [0.05, 0.1) is 7.11 Å². The van der Waals surface area contributed by atoms with Gasteiger partial charge in [-0.15, -0.1) is 0 Å². The number of ether oxygens (including phenoxy) is 1. The number of hydrogen-bond acceptors (Lipinski definition) is 3. The average Bonchev–Trinajstić information content (AvgIpc) is 2.18. The highest BCUT2D eigenvalue weighted by Crippen LogP contribution is 2.33. The minimum atomic E-state index is 0.508. The maximum absolute atomic E-state index is 5.78. The number of hydrogen-bond donors (Lipinski definition) is 1. The van der Waals surface area contributed by atoms with Crippen molar-refractivity contribution in [3.8, 4) is 5.75 Å². The van der Waals surface area contributed by atoms with Gasteiger partial charge in [0.1, 0.15) is 11.6 Å². The summed E-state index contributed by atoms with van der Waals surface area (Å²) in [6.45, 7) is 0. The van der Waals surface area contributed by atoms with E-state index in [9.17, 15) is 0 Å². The van der Waals surface area contributed by atoms with Crippen molar-refractivity contribution in [1.29, 1.82) is 0 Å². The summed E-state index contributed by atoms with van der Waals surface area (Å²) in [5, 5.41) is 1.86. The molecule has 0 spiro atoms. The van der Waals surface area contributed by atoms with Crippen LogP contribution in [0.4, 0.5) is 5.82 Å². The highest BCUT2D eigenvalue weighted by molar-refractivity contribution is 9.10. The van der Waals surface area contributed by atoms with E-state index >= 15 is 0 Å². The molecule has 0 aliphatic carbocycles.